The maximum absolute atomic E-state index is 5.48. The molecule has 5 heteroatoms. The van der Waals surface area contributed by atoms with Crippen molar-refractivity contribution < 1.29 is 24.0 Å². The van der Waals surface area contributed by atoms with Crippen LogP contribution in [0.5, 0.6) is 17.2 Å². The van der Waals surface area contributed by atoms with Crippen LogP contribution in [-0.4, -0.2) is 54.1 Å². The Morgan fingerprint density at radius 3 is 2.00 bits per heavy atom. The lowest BCUT2D eigenvalue weighted by atomic mass is 10.1. The van der Waals surface area contributed by atoms with Crippen LogP contribution in [0.1, 0.15) is 11.1 Å². The van der Waals surface area contributed by atoms with Gasteiger partial charge in [0.05, 0.1) is 27.9 Å². The van der Waals surface area contributed by atoms with Crippen LogP contribution in [0.3, 0.4) is 0 Å². The van der Waals surface area contributed by atoms with Crippen molar-refractivity contribution in [3.63, 3.8) is 0 Å². The Balaban J connectivity index is 1.52. The molecule has 0 saturated carbocycles. The van der Waals surface area contributed by atoms with E-state index in [0.29, 0.717) is 5.75 Å². The van der Waals surface area contributed by atoms with Crippen LogP contribution >= 0.6 is 0 Å². The second-order valence-electron chi connectivity index (χ2n) is 7.23. The number of methoxy groups -OCH3 is 3. The first-order valence-electron chi connectivity index (χ1n) is 9.91. The van der Waals surface area contributed by atoms with Gasteiger partial charge in [0.25, 0.3) is 0 Å². The number of benzene rings is 2. The zero-order valence-electron chi connectivity index (χ0n) is 17.2. The molecule has 1 aliphatic rings. The highest BCUT2D eigenvalue weighted by molar-refractivity contribution is 5.53. The van der Waals surface area contributed by atoms with Gasteiger partial charge in [0.1, 0.15) is 32.7 Å². The fraction of sp³-hybridized carbons (Fsp3) is 0.391. The van der Waals surface area contributed by atoms with E-state index in [4.69, 9.17) is 14.2 Å². The van der Waals surface area contributed by atoms with Crippen LogP contribution in [-0.2, 0) is 6.54 Å². The van der Waals surface area contributed by atoms with E-state index in [9.17, 15) is 0 Å². The molecule has 0 amide bonds. The first-order chi connectivity index (χ1) is 13.7. The third-order valence-electron chi connectivity index (χ3n) is 5.36. The third kappa shape index (κ3) is 5.27. The summed E-state index contributed by atoms with van der Waals surface area (Å²) < 4.78 is 16.4. The molecule has 0 spiro atoms. The van der Waals surface area contributed by atoms with Gasteiger partial charge in [0, 0.05) is 5.56 Å². The predicted molar refractivity (Wildman–Crippen MR) is 112 cm³/mol. The molecule has 1 aliphatic heterocycles. The Labute approximate surface area is 168 Å². The lowest BCUT2D eigenvalue weighted by Crippen LogP contribution is -3.27. The van der Waals surface area contributed by atoms with Gasteiger partial charge in [-0.15, -0.1) is 0 Å². The van der Waals surface area contributed by atoms with Crippen molar-refractivity contribution in [2.24, 2.45) is 0 Å². The summed E-state index contributed by atoms with van der Waals surface area (Å²) in [7, 11) is 4.97. The number of quaternary nitrogens is 2. The Hall–Kier alpha value is -2.50. The smallest absolute Gasteiger partial charge is 0.203 e. The average molecular weight is 385 g/mol. The molecule has 0 unspecified atom stereocenters. The maximum atomic E-state index is 5.48. The highest BCUT2D eigenvalue weighted by Gasteiger charge is 2.23. The molecule has 5 nitrogen and oxygen atoms in total. The van der Waals surface area contributed by atoms with Crippen molar-refractivity contribution in [2.45, 2.75) is 6.54 Å². The van der Waals surface area contributed by atoms with Crippen LogP contribution in [0.25, 0.3) is 6.08 Å². The van der Waals surface area contributed by atoms with Gasteiger partial charge >= 0.3 is 0 Å². The average Bonchev–Trinajstić information content (AvgIpc) is 2.75. The summed E-state index contributed by atoms with van der Waals surface area (Å²) >= 11 is 0. The molecule has 2 aromatic carbocycles. The SMILES string of the molecule is COc1cc(C[NH+]2CC[NH+](C/C=C/c3ccccc3)CC2)cc(OC)c1OC. The summed E-state index contributed by atoms with van der Waals surface area (Å²) in [5, 5.41) is 0. The quantitative estimate of drug-likeness (QED) is 0.704. The minimum Gasteiger partial charge on any atom is -0.493 e. The zero-order valence-corrected chi connectivity index (χ0v) is 17.2. The maximum Gasteiger partial charge on any atom is 0.203 e. The largest absolute Gasteiger partial charge is 0.493 e. The fourth-order valence-corrected chi connectivity index (χ4v) is 3.79. The van der Waals surface area contributed by atoms with Crippen molar-refractivity contribution >= 4 is 6.08 Å². The van der Waals surface area contributed by atoms with Gasteiger partial charge in [-0.1, -0.05) is 36.4 Å². The van der Waals surface area contributed by atoms with E-state index in [1.54, 1.807) is 31.1 Å². The summed E-state index contributed by atoms with van der Waals surface area (Å²) in [6, 6.07) is 14.6. The van der Waals surface area contributed by atoms with Gasteiger partial charge in [-0.25, -0.2) is 0 Å². The third-order valence-corrected chi connectivity index (χ3v) is 5.36. The normalized spacial score (nSPS) is 19.5. The molecule has 0 aromatic heterocycles. The minimum atomic E-state index is 0.656. The molecule has 0 bridgehead atoms. The molecule has 0 radical (unpaired) electrons. The van der Waals surface area contributed by atoms with Crippen LogP contribution in [0.15, 0.2) is 48.5 Å². The molecule has 2 aromatic rings. The summed E-state index contributed by atoms with van der Waals surface area (Å²) in [6.07, 6.45) is 4.52. The highest BCUT2D eigenvalue weighted by Crippen LogP contribution is 2.37. The first-order valence-corrected chi connectivity index (χ1v) is 9.91. The van der Waals surface area contributed by atoms with Gasteiger partial charge in [0.15, 0.2) is 11.5 Å². The van der Waals surface area contributed by atoms with Crippen molar-refractivity contribution in [2.75, 3.05) is 54.1 Å². The fourth-order valence-electron chi connectivity index (χ4n) is 3.79. The Morgan fingerprint density at radius 2 is 1.43 bits per heavy atom. The van der Waals surface area contributed by atoms with Gasteiger partial charge in [-0.05, 0) is 23.8 Å². The van der Waals surface area contributed by atoms with E-state index in [-0.39, 0.29) is 0 Å². The number of ether oxygens (including phenoxy) is 3. The monoisotopic (exact) mass is 384 g/mol. The van der Waals surface area contributed by atoms with Gasteiger partial charge in [-0.2, -0.15) is 0 Å². The van der Waals surface area contributed by atoms with Crippen molar-refractivity contribution in [1.29, 1.82) is 0 Å². The van der Waals surface area contributed by atoms with E-state index >= 15 is 0 Å². The molecule has 3 rings (SSSR count). The first kappa shape index (κ1) is 20.2. The van der Waals surface area contributed by atoms with Crippen molar-refractivity contribution in [3.8, 4) is 17.2 Å². The van der Waals surface area contributed by atoms with E-state index in [0.717, 1.165) is 24.6 Å². The topological polar surface area (TPSA) is 36.6 Å². The molecule has 150 valence electrons. The lowest BCUT2D eigenvalue weighted by Gasteiger charge is -2.29. The highest BCUT2D eigenvalue weighted by atomic mass is 16.5. The van der Waals surface area contributed by atoms with Crippen LogP contribution in [0, 0.1) is 0 Å². The summed E-state index contributed by atoms with van der Waals surface area (Å²) in [5.41, 5.74) is 2.49. The number of piperazine rings is 1. The molecule has 0 aliphatic carbocycles. The molecular formula is C23H32N2O3+2. The number of nitrogens with one attached hydrogen (secondary N) is 2. The molecule has 1 heterocycles. The standard InChI is InChI=1S/C23H30N2O3/c1-26-21-16-20(17-22(27-2)23(21)28-3)18-25-14-12-24(13-15-25)11-7-10-19-8-5-4-6-9-19/h4-10,16-17H,11-15,18H2,1-3H3/p+2/b10-7+. The van der Waals surface area contributed by atoms with Crippen LogP contribution in [0.4, 0.5) is 0 Å². The molecule has 2 N–H and O–H groups in total. The minimum absolute atomic E-state index is 0.656. The summed E-state index contributed by atoms with van der Waals surface area (Å²) in [6.45, 7) is 6.80. The van der Waals surface area contributed by atoms with E-state index in [1.165, 1.54) is 37.3 Å². The Bertz CT molecular complexity index is 744. The Kier molecular flexibility index (Phi) is 7.34. The van der Waals surface area contributed by atoms with Crippen molar-refractivity contribution in [1.82, 2.24) is 0 Å². The molecule has 1 saturated heterocycles. The second-order valence-corrected chi connectivity index (χ2v) is 7.23. The van der Waals surface area contributed by atoms with Gasteiger partial charge < -0.3 is 24.0 Å². The zero-order chi connectivity index (χ0) is 19.8. The van der Waals surface area contributed by atoms with E-state index in [1.807, 2.05) is 0 Å². The van der Waals surface area contributed by atoms with E-state index < -0.39 is 0 Å². The Morgan fingerprint density at radius 1 is 0.821 bits per heavy atom. The van der Waals surface area contributed by atoms with Crippen molar-refractivity contribution in [3.05, 3.63) is 59.7 Å². The molecular weight excluding hydrogens is 352 g/mol. The number of rotatable bonds is 8. The second kappa shape index (κ2) is 10.2. The van der Waals surface area contributed by atoms with Gasteiger partial charge in [-0.3, -0.25) is 0 Å². The molecule has 28 heavy (non-hydrogen) atoms. The lowest BCUT2D eigenvalue weighted by molar-refractivity contribution is -1.02. The number of hydrogen-bond donors (Lipinski definition) is 2. The molecule has 1 fully saturated rings. The number of hydrogen-bond acceptors (Lipinski definition) is 3. The van der Waals surface area contributed by atoms with Gasteiger partial charge in [0.2, 0.25) is 5.75 Å². The van der Waals surface area contributed by atoms with Crippen LogP contribution < -0.4 is 24.0 Å². The predicted octanol–water partition coefficient (Wildman–Crippen LogP) is 0.709. The summed E-state index contributed by atoms with van der Waals surface area (Å²) in [4.78, 5) is 3.26. The summed E-state index contributed by atoms with van der Waals surface area (Å²) in [5.74, 6) is 2.11. The molecule has 0 atom stereocenters. The van der Waals surface area contributed by atoms with Crippen LogP contribution in [0.2, 0.25) is 0 Å². The van der Waals surface area contributed by atoms with E-state index in [2.05, 4.69) is 54.6 Å².